The van der Waals surface area contributed by atoms with Crippen molar-refractivity contribution in [2.45, 2.75) is 25.3 Å². The van der Waals surface area contributed by atoms with Crippen LogP contribution in [0.5, 0.6) is 0 Å². The molecule has 2 N–H and O–H groups in total. The summed E-state index contributed by atoms with van der Waals surface area (Å²) in [5, 5.41) is 2.64. The van der Waals surface area contributed by atoms with Gasteiger partial charge in [-0.15, -0.1) is 0 Å². The number of hydrogen-bond donors (Lipinski definition) is 2. The summed E-state index contributed by atoms with van der Waals surface area (Å²) < 4.78 is 32.2. The molecule has 26 heavy (non-hydrogen) atoms. The van der Waals surface area contributed by atoms with Crippen molar-refractivity contribution in [2.75, 3.05) is 11.3 Å². The molecule has 0 fully saturated rings. The third-order valence-corrected chi connectivity index (χ3v) is 4.82. The van der Waals surface area contributed by atoms with Gasteiger partial charge in [-0.2, -0.15) is 0 Å². The zero-order valence-electron chi connectivity index (χ0n) is 14.5. The van der Waals surface area contributed by atoms with E-state index in [0.717, 1.165) is 5.56 Å². The van der Waals surface area contributed by atoms with Gasteiger partial charge in [0, 0.05) is 19.2 Å². The maximum atomic E-state index is 12.4. The lowest BCUT2D eigenvalue weighted by Gasteiger charge is -2.10. The van der Waals surface area contributed by atoms with Gasteiger partial charge in [0.15, 0.2) is 0 Å². The zero-order chi connectivity index (χ0) is 19.2. The van der Waals surface area contributed by atoms with Gasteiger partial charge in [-0.1, -0.05) is 12.1 Å². The Hall–Kier alpha value is -2.87. The van der Waals surface area contributed by atoms with Crippen molar-refractivity contribution in [1.29, 1.82) is 0 Å². The molecule has 0 aliphatic carbocycles. The van der Waals surface area contributed by atoms with Crippen LogP contribution in [0.3, 0.4) is 0 Å². The Bertz CT molecular complexity index is 875. The van der Waals surface area contributed by atoms with Crippen molar-refractivity contribution in [1.82, 2.24) is 5.32 Å². The third-order valence-electron chi connectivity index (χ3n) is 3.42. The number of carbonyl (C=O) groups is 2. The van der Waals surface area contributed by atoms with Crippen molar-refractivity contribution >= 4 is 27.6 Å². The minimum Gasteiger partial charge on any atom is -0.462 e. The molecule has 0 aliphatic rings. The Morgan fingerprint density at radius 3 is 2.15 bits per heavy atom. The van der Waals surface area contributed by atoms with Crippen molar-refractivity contribution in [3.63, 3.8) is 0 Å². The molecule has 8 heteroatoms. The average molecular weight is 376 g/mol. The second kappa shape index (κ2) is 8.48. The summed E-state index contributed by atoms with van der Waals surface area (Å²) in [6, 6.07) is 12.2. The van der Waals surface area contributed by atoms with Crippen LogP contribution in [0.25, 0.3) is 0 Å². The summed E-state index contributed by atoms with van der Waals surface area (Å²) in [6.07, 6.45) is 0. The first-order chi connectivity index (χ1) is 12.3. The van der Waals surface area contributed by atoms with E-state index >= 15 is 0 Å². The molecule has 0 unspecified atom stereocenters. The number of benzene rings is 2. The highest BCUT2D eigenvalue weighted by Crippen LogP contribution is 2.17. The molecule has 0 radical (unpaired) electrons. The number of nitrogens with one attached hydrogen (secondary N) is 2. The van der Waals surface area contributed by atoms with E-state index in [9.17, 15) is 18.0 Å². The van der Waals surface area contributed by atoms with Crippen LogP contribution in [0.1, 0.15) is 29.8 Å². The number of carbonyl (C=O) groups excluding carboxylic acids is 2. The van der Waals surface area contributed by atoms with Crippen molar-refractivity contribution in [3.05, 3.63) is 59.7 Å². The van der Waals surface area contributed by atoms with E-state index in [-0.39, 0.29) is 17.4 Å². The monoisotopic (exact) mass is 376 g/mol. The Morgan fingerprint density at radius 2 is 1.62 bits per heavy atom. The second-order valence-electron chi connectivity index (χ2n) is 5.46. The van der Waals surface area contributed by atoms with Gasteiger partial charge >= 0.3 is 5.97 Å². The van der Waals surface area contributed by atoms with Crippen LogP contribution < -0.4 is 10.0 Å². The third kappa shape index (κ3) is 5.32. The van der Waals surface area contributed by atoms with E-state index in [1.54, 1.807) is 19.1 Å². The molecular formula is C18H20N2O5S. The van der Waals surface area contributed by atoms with Gasteiger partial charge in [0.1, 0.15) is 0 Å². The fourth-order valence-electron chi connectivity index (χ4n) is 2.12. The summed E-state index contributed by atoms with van der Waals surface area (Å²) in [7, 11) is -3.76. The number of anilines is 1. The van der Waals surface area contributed by atoms with E-state index in [4.69, 9.17) is 4.74 Å². The predicted octanol–water partition coefficient (Wildman–Crippen LogP) is 2.30. The van der Waals surface area contributed by atoms with Crippen molar-refractivity contribution < 1.29 is 22.7 Å². The second-order valence-corrected chi connectivity index (χ2v) is 7.14. The summed E-state index contributed by atoms with van der Waals surface area (Å²) in [6.45, 7) is 3.72. The largest absolute Gasteiger partial charge is 0.462 e. The Morgan fingerprint density at radius 1 is 1.00 bits per heavy atom. The average Bonchev–Trinajstić information content (AvgIpc) is 2.61. The molecule has 1 amide bonds. The Labute approximate surface area is 152 Å². The van der Waals surface area contributed by atoms with Gasteiger partial charge in [0.2, 0.25) is 5.91 Å². The first kappa shape index (κ1) is 19.5. The molecule has 0 heterocycles. The molecule has 0 aliphatic heterocycles. The lowest BCUT2D eigenvalue weighted by Crippen LogP contribution is -2.19. The molecule has 2 aromatic carbocycles. The topological polar surface area (TPSA) is 102 Å². The number of esters is 1. The number of ether oxygens (including phenoxy) is 1. The number of sulfonamides is 1. The zero-order valence-corrected chi connectivity index (χ0v) is 15.3. The first-order valence-electron chi connectivity index (χ1n) is 7.95. The van der Waals surface area contributed by atoms with Gasteiger partial charge in [-0.25, -0.2) is 13.2 Å². The van der Waals surface area contributed by atoms with Gasteiger partial charge in [0.25, 0.3) is 10.0 Å². The summed E-state index contributed by atoms with van der Waals surface area (Å²) >= 11 is 0. The number of hydrogen-bond acceptors (Lipinski definition) is 5. The van der Waals surface area contributed by atoms with E-state index in [1.807, 2.05) is 0 Å². The van der Waals surface area contributed by atoms with Crippen LogP contribution in [0.15, 0.2) is 53.4 Å². The van der Waals surface area contributed by atoms with E-state index < -0.39 is 16.0 Å². The normalized spacial score (nSPS) is 10.8. The maximum absolute atomic E-state index is 12.4. The standard InChI is InChI=1S/C18H20N2O5S/c1-3-25-18(22)15-6-8-16(9-7-15)20-26(23,24)17-10-4-14(5-11-17)12-19-13(2)21/h4-11,20H,3,12H2,1-2H3,(H,19,21). The molecule has 2 rings (SSSR count). The van der Waals surface area contributed by atoms with Crippen molar-refractivity contribution in [2.24, 2.45) is 0 Å². The van der Waals surface area contributed by atoms with Crippen LogP contribution in [-0.4, -0.2) is 26.9 Å². The van der Waals surface area contributed by atoms with Crippen LogP contribution in [0.4, 0.5) is 5.69 Å². The lowest BCUT2D eigenvalue weighted by atomic mass is 10.2. The molecule has 138 valence electrons. The smallest absolute Gasteiger partial charge is 0.338 e. The Kier molecular flexibility index (Phi) is 6.35. The fraction of sp³-hybridized carbons (Fsp3) is 0.222. The van der Waals surface area contributed by atoms with Crippen molar-refractivity contribution in [3.8, 4) is 0 Å². The van der Waals surface area contributed by atoms with Crippen LogP contribution in [-0.2, 0) is 26.1 Å². The molecule has 0 saturated heterocycles. The minimum atomic E-state index is -3.76. The van der Waals surface area contributed by atoms with Crippen LogP contribution in [0, 0.1) is 0 Å². The molecular weight excluding hydrogens is 356 g/mol. The summed E-state index contributed by atoms with van der Waals surface area (Å²) in [4.78, 5) is 22.6. The Balaban J connectivity index is 2.08. The quantitative estimate of drug-likeness (QED) is 0.722. The molecule has 0 saturated carbocycles. The molecule has 0 aromatic heterocycles. The van der Waals surface area contributed by atoms with Crippen LogP contribution in [0.2, 0.25) is 0 Å². The van der Waals surface area contributed by atoms with Gasteiger partial charge in [0.05, 0.1) is 17.1 Å². The van der Waals surface area contributed by atoms with Gasteiger partial charge in [-0.3, -0.25) is 9.52 Å². The predicted molar refractivity (Wildman–Crippen MR) is 97.2 cm³/mol. The summed E-state index contributed by atoms with van der Waals surface area (Å²) in [5.74, 6) is -0.619. The molecule has 7 nitrogen and oxygen atoms in total. The number of amides is 1. The highest BCUT2D eigenvalue weighted by Gasteiger charge is 2.14. The fourth-order valence-corrected chi connectivity index (χ4v) is 3.17. The minimum absolute atomic E-state index is 0.0959. The van der Waals surface area contributed by atoms with E-state index in [2.05, 4.69) is 10.0 Å². The van der Waals surface area contributed by atoms with E-state index in [0.29, 0.717) is 17.8 Å². The first-order valence-corrected chi connectivity index (χ1v) is 9.43. The molecule has 0 atom stereocenters. The van der Waals surface area contributed by atoms with Gasteiger partial charge < -0.3 is 10.1 Å². The molecule has 0 spiro atoms. The highest BCUT2D eigenvalue weighted by molar-refractivity contribution is 7.92. The van der Waals surface area contributed by atoms with E-state index in [1.165, 1.54) is 43.3 Å². The number of rotatable bonds is 7. The highest BCUT2D eigenvalue weighted by atomic mass is 32.2. The molecule has 0 bridgehead atoms. The summed E-state index contributed by atoms with van der Waals surface area (Å²) in [5.41, 5.74) is 1.47. The van der Waals surface area contributed by atoms with Gasteiger partial charge in [-0.05, 0) is 48.9 Å². The molecule has 2 aromatic rings. The van der Waals surface area contributed by atoms with Crippen LogP contribution >= 0.6 is 0 Å². The maximum Gasteiger partial charge on any atom is 0.338 e. The lowest BCUT2D eigenvalue weighted by molar-refractivity contribution is -0.119. The SMILES string of the molecule is CCOC(=O)c1ccc(NS(=O)(=O)c2ccc(CNC(C)=O)cc2)cc1.